The predicted molar refractivity (Wildman–Crippen MR) is 99.6 cm³/mol. The monoisotopic (exact) mass is 378 g/mol. The van der Waals surface area contributed by atoms with E-state index in [1.54, 1.807) is 12.1 Å². The first-order chi connectivity index (χ1) is 12.5. The molecule has 1 aromatic rings. The normalized spacial score (nSPS) is 19.0. The molecule has 142 valence electrons. The molecule has 0 unspecified atom stereocenters. The van der Waals surface area contributed by atoms with E-state index in [1.807, 2.05) is 6.92 Å². The standard InChI is InChI=1S/C19H26N2O4S/c1-15-7-8-17(26(23,24)21-9-11-25-12-10-21)13-18(15)19(22)20-14-16-5-3-2-4-6-16/h5,7-8,13H,2-4,6,9-12,14H2,1H3,(H,20,22). The van der Waals surface area contributed by atoms with Gasteiger partial charge in [0.15, 0.2) is 0 Å². The minimum absolute atomic E-state index is 0.159. The molecule has 6 nitrogen and oxygen atoms in total. The molecule has 0 atom stereocenters. The molecule has 3 rings (SSSR count). The van der Waals surface area contributed by atoms with Gasteiger partial charge in [0.1, 0.15) is 0 Å². The zero-order valence-electron chi connectivity index (χ0n) is 15.2. The third kappa shape index (κ3) is 4.34. The molecule has 0 spiro atoms. The number of aryl methyl sites for hydroxylation is 1. The van der Waals surface area contributed by atoms with Gasteiger partial charge in [0.05, 0.1) is 18.1 Å². The van der Waals surface area contributed by atoms with E-state index in [2.05, 4.69) is 11.4 Å². The molecule has 0 saturated carbocycles. The van der Waals surface area contributed by atoms with Crippen molar-refractivity contribution >= 4 is 15.9 Å². The predicted octanol–water partition coefficient (Wildman–Crippen LogP) is 2.25. The molecule has 1 heterocycles. The quantitative estimate of drug-likeness (QED) is 0.798. The SMILES string of the molecule is Cc1ccc(S(=O)(=O)N2CCOCC2)cc1C(=O)NCC1=CCCCC1. The molecular formula is C19H26N2O4S. The molecular weight excluding hydrogens is 352 g/mol. The average molecular weight is 378 g/mol. The highest BCUT2D eigenvalue weighted by molar-refractivity contribution is 7.89. The number of sulfonamides is 1. The van der Waals surface area contributed by atoms with Crippen LogP contribution in [-0.4, -0.2) is 51.5 Å². The van der Waals surface area contributed by atoms with Crippen LogP contribution < -0.4 is 5.32 Å². The number of nitrogens with zero attached hydrogens (tertiary/aromatic N) is 1. The highest BCUT2D eigenvalue weighted by Gasteiger charge is 2.27. The summed E-state index contributed by atoms with van der Waals surface area (Å²) in [5.41, 5.74) is 2.43. The van der Waals surface area contributed by atoms with Crippen LogP contribution in [0.3, 0.4) is 0 Å². The number of nitrogens with one attached hydrogen (secondary N) is 1. The number of morpholine rings is 1. The van der Waals surface area contributed by atoms with Gasteiger partial charge in [-0.1, -0.05) is 17.7 Å². The first-order valence-electron chi connectivity index (χ1n) is 9.13. The van der Waals surface area contributed by atoms with Gasteiger partial charge in [-0.2, -0.15) is 4.31 Å². The van der Waals surface area contributed by atoms with Crippen LogP contribution in [0.5, 0.6) is 0 Å². The van der Waals surface area contributed by atoms with E-state index in [-0.39, 0.29) is 10.8 Å². The molecule has 1 aromatic carbocycles. The van der Waals surface area contributed by atoms with Gasteiger partial charge in [-0.05, 0) is 50.3 Å². The molecule has 1 aliphatic heterocycles. The van der Waals surface area contributed by atoms with Gasteiger partial charge in [0.2, 0.25) is 10.0 Å². The number of ether oxygens (including phenoxy) is 1. The summed E-state index contributed by atoms with van der Waals surface area (Å²) in [7, 11) is -3.61. The fourth-order valence-electron chi connectivity index (χ4n) is 3.30. The first-order valence-corrected chi connectivity index (χ1v) is 10.6. The van der Waals surface area contributed by atoms with Crippen LogP contribution in [0, 0.1) is 6.92 Å². The van der Waals surface area contributed by atoms with Gasteiger partial charge in [-0.15, -0.1) is 0 Å². The van der Waals surface area contributed by atoms with E-state index in [1.165, 1.54) is 22.4 Å². The Morgan fingerprint density at radius 2 is 2.00 bits per heavy atom. The molecule has 1 amide bonds. The minimum atomic E-state index is -3.61. The summed E-state index contributed by atoms with van der Waals surface area (Å²) in [5.74, 6) is -0.229. The van der Waals surface area contributed by atoms with Crippen molar-refractivity contribution in [3.05, 3.63) is 41.0 Å². The van der Waals surface area contributed by atoms with Crippen LogP contribution in [0.4, 0.5) is 0 Å². The highest BCUT2D eigenvalue weighted by Crippen LogP contribution is 2.21. The number of carbonyl (C=O) groups is 1. The summed E-state index contributed by atoms with van der Waals surface area (Å²) in [6, 6.07) is 4.76. The van der Waals surface area contributed by atoms with Crippen LogP contribution in [0.2, 0.25) is 0 Å². The number of carbonyl (C=O) groups excluding carboxylic acids is 1. The fourth-order valence-corrected chi connectivity index (χ4v) is 4.73. The number of allylic oxidation sites excluding steroid dienone is 1. The maximum absolute atomic E-state index is 12.8. The van der Waals surface area contributed by atoms with Crippen LogP contribution in [-0.2, 0) is 14.8 Å². The Morgan fingerprint density at radius 3 is 2.69 bits per heavy atom. The lowest BCUT2D eigenvalue weighted by Crippen LogP contribution is -2.40. The summed E-state index contributed by atoms with van der Waals surface area (Å²) >= 11 is 0. The van der Waals surface area contributed by atoms with Crippen LogP contribution >= 0.6 is 0 Å². The maximum Gasteiger partial charge on any atom is 0.251 e. The van der Waals surface area contributed by atoms with Gasteiger partial charge >= 0.3 is 0 Å². The molecule has 1 fully saturated rings. The molecule has 7 heteroatoms. The van der Waals surface area contributed by atoms with Gasteiger partial charge < -0.3 is 10.1 Å². The van der Waals surface area contributed by atoms with Crippen molar-refractivity contribution in [2.75, 3.05) is 32.8 Å². The van der Waals surface area contributed by atoms with E-state index in [0.717, 1.165) is 24.8 Å². The summed E-state index contributed by atoms with van der Waals surface area (Å²) in [4.78, 5) is 12.8. The minimum Gasteiger partial charge on any atom is -0.379 e. The van der Waals surface area contributed by atoms with Crippen LogP contribution in [0.1, 0.15) is 41.6 Å². The van der Waals surface area contributed by atoms with Crippen LogP contribution in [0.25, 0.3) is 0 Å². The Bertz CT molecular complexity index is 796. The third-order valence-corrected chi connectivity index (χ3v) is 6.82. The topological polar surface area (TPSA) is 75.7 Å². The maximum atomic E-state index is 12.8. The van der Waals surface area contributed by atoms with E-state index in [9.17, 15) is 13.2 Å². The van der Waals surface area contributed by atoms with Crippen molar-refractivity contribution in [2.45, 2.75) is 37.5 Å². The molecule has 0 radical (unpaired) electrons. The van der Waals surface area contributed by atoms with Gasteiger partial charge in [-0.25, -0.2) is 8.42 Å². The third-order valence-electron chi connectivity index (χ3n) is 4.92. The zero-order valence-corrected chi connectivity index (χ0v) is 16.0. The summed E-state index contributed by atoms with van der Waals surface area (Å²) in [6.45, 7) is 3.82. The summed E-state index contributed by atoms with van der Waals surface area (Å²) < 4.78 is 32.3. The van der Waals surface area contributed by atoms with Crippen molar-refractivity contribution in [1.29, 1.82) is 0 Å². The average Bonchev–Trinajstić information content (AvgIpc) is 2.68. The van der Waals surface area contributed by atoms with E-state index < -0.39 is 10.0 Å². The number of benzene rings is 1. The smallest absolute Gasteiger partial charge is 0.251 e. The van der Waals surface area contributed by atoms with Crippen molar-refractivity contribution in [2.24, 2.45) is 0 Å². The lowest BCUT2D eigenvalue weighted by atomic mass is 9.99. The molecule has 26 heavy (non-hydrogen) atoms. The summed E-state index contributed by atoms with van der Waals surface area (Å²) in [6.07, 6.45) is 6.64. The number of amides is 1. The van der Waals surface area contributed by atoms with Crippen molar-refractivity contribution in [3.8, 4) is 0 Å². The van der Waals surface area contributed by atoms with E-state index >= 15 is 0 Å². The fraction of sp³-hybridized carbons (Fsp3) is 0.526. The molecule has 1 saturated heterocycles. The Labute approximate surface area is 155 Å². The number of rotatable bonds is 5. The zero-order chi connectivity index (χ0) is 18.6. The summed E-state index contributed by atoms with van der Waals surface area (Å²) in [5, 5.41) is 2.93. The van der Waals surface area contributed by atoms with E-state index in [4.69, 9.17) is 4.74 Å². The Kier molecular flexibility index (Phi) is 6.11. The Hall–Kier alpha value is -1.70. The molecule has 1 aliphatic carbocycles. The Balaban J connectivity index is 1.76. The van der Waals surface area contributed by atoms with Crippen molar-refractivity contribution in [3.63, 3.8) is 0 Å². The van der Waals surface area contributed by atoms with Gasteiger partial charge in [0, 0.05) is 25.2 Å². The second kappa shape index (κ2) is 8.33. The first kappa shape index (κ1) is 19.1. The number of hydrogen-bond donors (Lipinski definition) is 1. The van der Waals surface area contributed by atoms with Crippen molar-refractivity contribution < 1.29 is 17.9 Å². The second-order valence-electron chi connectivity index (χ2n) is 6.78. The molecule has 1 N–H and O–H groups in total. The molecule has 0 bridgehead atoms. The largest absolute Gasteiger partial charge is 0.379 e. The van der Waals surface area contributed by atoms with Gasteiger partial charge in [0.25, 0.3) is 5.91 Å². The lowest BCUT2D eigenvalue weighted by molar-refractivity contribution is 0.0730. The highest BCUT2D eigenvalue weighted by atomic mass is 32.2. The number of hydrogen-bond acceptors (Lipinski definition) is 4. The van der Waals surface area contributed by atoms with Crippen LogP contribution in [0.15, 0.2) is 34.7 Å². The second-order valence-corrected chi connectivity index (χ2v) is 8.72. The van der Waals surface area contributed by atoms with Gasteiger partial charge in [-0.3, -0.25) is 4.79 Å². The molecule has 0 aromatic heterocycles. The lowest BCUT2D eigenvalue weighted by Gasteiger charge is -2.26. The Morgan fingerprint density at radius 1 is 1.23 bits per heavy atom. The van der Waals surface area contributed by atoms with E-state index in [0.29, 0.717) is 38.4 Å². The molecule has 2 aliphatic rings. The van der Waals surface area contributed by atoms with Crippen molar-refractivity contribution in [1.82, 2.24) is 9.62 Å².